The van der Waals surface area contributed by atoms with Crippen molar-refractivity contribution < 1.29 is 15.0 Å². The zero-order valence-corrected chi connectivity index (χ0v) is 12.6. The number of aliphatic hydroxyl groups excluding tert-OH is 2. The molecule has 0 radical (unpaired) electrons. The Labute approximate surface area is 116 Å². The first-order chi connectivity index (χ1) is 8.90. The molecule has 19 heavy (non-hydrogen) atoms. The van der Waals surface area contributed by atoms with Crippen molar-refractivity contribution in [3.05, 3.63) is 0 Å². The van der Waals surface area contributed by atoms with Crippen molar-refractivity contribution in [1.29, 1.82) is 0 Å². The fraction of sp³-hybridized carbons (Fsp3) is 0.933. The SMILES string of the molecule is CC(C)(C)C1CCC(C(=O)N(CCO)CCO)CC1. The number of hydrogen-bond acceptors (Lipinski definition) is 3. The predicted octanol–water partition coefficient (Wildman–Crippen LogP) is 1.65. The second kappa shape index (κ2) is 7.25. The third kappa shape index (κ3) is 4.77. The van der Waals surface area contributed by atoms with Gasteiger partial charge in [-0.3, -0.25) is 4.79 Å². The lowest BCUT2D eigenvalue weighted by atomic mass is 9.69. The van der Waals surface area contributed by atoms with Crippen LogP contribution in [0.2, 0.25) is 0 Å². The summed E-state index contributed by atoms with van der Waals surface area (Å²) in [4.78, 5) is 13.9. The number of nitrogens with zero attached hydrogens (tertiary/aromatic N) is 1. The molecule has 0 aromatic heterocycles. The van der Waals surface area contributed by atoms with Crippen molar-refractivity contribution in [2.75, 3.05) is 26.3 Å². The number of rotatable bonds is 5. The molecule has 0 spiro atoms. The van der Waals surface area contributed by atoms with Gasteiger partial charge in [-0.1, -0.05) is 20.8 Å². The summed E-state index contributed by atoms with van der Waals surface area (Å²) in [6.07, 6.45) is 4.08. The number of carbonyl (C=O) groups excluding carboxylic acids is 1. The molecular weight excluding hydrogens is 242 g/mol. The van der Waals surface area contributed by atoms with Crippen molar-refractivity contribution in [3.63, 3.8) is 0 Å². The van der Waals surface area contributed by atoms with E-state index in [0.29, 0.717) is 24.4 Å². The van der Waals surface area contributed by atoms with E-state index in [4.69, 9.17) is 10.2 Å². The first-order valence-electron chi connectivity index (χ1n) is 7.40. The Morgan fingerprint density at radius 2 is 1.53 bits per heavy atom. The van der Waals surface area contributed by atoms with E-state index in [1.54, 1.807) is 4.90 Å². The van der Waals surface area contributed by atoms with Gasteiger partial charge >= 0.3 is 0 Å². The average Bonchev–Trinajstić information content (AvgIpc) is 2.37. The molecule has 112 valence electrons. The molecule has 0 aromatic rings. The zero-order valence-electron chi connectivity index (χ0n) is 12.6. The second-order valence-corrected chi connectivity index (χ2v) is 6.69. The summed E-state index contributed by atoms with van der Waals surface area (Å²) >= 11 is 0. The highest BCUT2D eigenvalue weighted by atomic mass is 16.3. The molecule has 0 saturated heterocycles. The molecule has 1 amide bonds. The molecule has 0 heterocycles. The lowest BCUT2D eigenvalue weighted by Gasteiger charge is -2.37. The van der Waals surface area contributed by atoms with Gasteiger partial charge in [0.25, 0.3) is 0 Å². The van der Waals surface area contributed by atoms with Crippen LogP contribution in [0.1, 0.15) is 46.5 Å². The molecular formula is C15H29NO3. The van der Waals surface area contributed by atoms with Gasteiger partial charge in [0, 0.05) is 19.0 Å². The first-order valence-corrected chi connectivity index (χ1v) is 7.40. The first kappa shape index (κ1) is 16.4. The molecule has 1 aliphatic rings. The van der Waals surface area contributed by atoms with E-state index in [9.17, 15) is 4.79 Å². The van der Waals surface area contributed by atoms with Crippen LogP contribution in [-0.2, 0) is 4.79 Å². The van der Waals surface area contributed by atoms with Gasteiger partial charge < -0.3 is 15.1 Å². The van der Waals surface area contributed by atoms with Crippen molar-refractivity contribution >= 4 is 5.91 Å². The van der Waals surface area contributed by atoms with E-state index in [-0.39, 0.29) is 25.0 Å². The summed E-state index contributed by atoms with van der Waals surface area (Å²) in [5.74, 6) is 0.882. The van der Waals surface area contributed by atoms with E-state index in [1.165, 1.54) is 0 Å². The Hall–Kier alpha value is -0.610. The summed E-state index contributed by atoms with van der Waals surface area (Å²) in [5, 5.41) is 18.0. The molecule has 4 nitrogen and oxygen atoms in total. The Kier molecular flexibility index (Phi) is 6.27. The van der Waals surface area contributed by atoms with Gasteiger partial charge in [-0.2, -0.15) is 0 Å². The van der Waals surface area contributed by atoms with E-state index in [2.05, 4.69) is 20.8 Å². The van der Waals surface area contributed by atoms with Crippen LogP contribution in [0.3, 0.4) is 0 Å². The van der Waals surface area contributed by atoms with Crippen molar-refractivity contribution in [2.45, 2.75) is 46.5 Å². The molecule has 1 rings (SSSR count). The van der Waals surface area contributed by atoms with Gasteiger partial charge in [-0.25, -0.2) is 0 Å². The van der Waals surface area contributed by atoms with E-state index < -0.39 is 0 Å². The smallest absolute Gasteiger partial charge is 0.225 e. The van der Waals surface area contributed by atoms with Gasteiger partial charge in [0.15, 0.2) is 0 Å². The Morgan fingerprint density at radius 3 is 1.89 bits per heavy atom. The summed E-state index contributed by atoms with van der Waals surface area (Å²) in [6.45, 7) is 7.39. The average molecular weight is 271 g/mol. The summed E-state index contributed by atoms with van der Waals surface area (Å²) in [5.41, 5.74) is 0.323. The van der Waals surface area contributed by atoms with Gasteiger partial charge in [0.2, 0.25) is 5.91 Å². The molecule has 0 atom stereocenters. The van der Waals surface area contributed by atoms with Crippen molar-refractivity contribution in [2.24, 2.45) is 17.3 Å². The van der Waals surface area contributed by atoms with Gasteiger partial charge in [0.1, 0.15) is 0 Å². The third-order valence-corrected chi connectivity index (χ3v) is 4.35. The summed E-state index contributed by atoms with van der Waals surface area (Å²) in [7, 11) is 0. The highest BCUT2D eigenvalue weighted by Gasteiger charge is 2.33. The quantitative estimate of drug-likeness (QED) is 0.799. The topological polar surface area (TPSA) is 60.8 Å². The van der Waals surface area contributed by atoms with Gasteiger partial charge in [0.05, 0.1) is 13.2 Å². The highest BCUT2D eigenvalue weighted by Crippen LogP contribution is 2.40. The third-order valence-electron chi connectivity index (χ3n) is 4.35. The molecule has 0 aliphatic heterocycles. The largest absolute Gasteiger partial charge is 0.395 e. The molecule has 1 fully saturated rings. The maximum atomic E-state index is 12.3. The van der Waals surface area contributed by atoms with Gasteiger partial charge in [-0.15, -0.1) is 0 Å². The maximum absolute atomic E-state index is 12.3. The Balaban J connectivity index is 2.51. The molecule has 1 aliphatic carbocycles. The molecule has 0 unspecified atom stereocenters. The monoisotopic (exact) mass is 271 g/mol. The minimum Gasteiger partial charge on any atom is -0.395 e. The number of carbonyl (C=O) groups is 1. The minimum absolute atomic E-state index is 0.0386. The fourth-order valence-electron chi connectivity index (χ4n) is 3.04. The molecule has 1 saturated carbocycles. The standard InChI is InChI=1S/C15H29NO3/c1-15(2,3)13-6-4-12(5-7-13)14(19)16(8-10-17)9-11-18/h12-13,17-18H,4-11H2,1-3H3. The van der Waals surface area contributed by atoms with Crippen LogP contribution in [0.15, 0.2) is 0 Å². The number of amides is 1. The van der Waals surface area contributed by atoms with Crippen molar-refractivity contribution in [1.82, 2.24) is 4.90 Å². The molecule has 0 bridgehead atoms. The van der Waals surface area contributed by atoms with Crippen LogP contribution >= 0.6 is 0 Å². The van der Waals surface area contributed by atoms with E-state index in [1.807, 2.05) is 0 Å². The van der Waals surface area contributed by atoms with Gasteiger partial charge in [-0.05, 0) is 37.0 Å². The molecule has 0 aromatic carbocycles. The highest BCUT2D eigenvalue weighted by molar-refractivity contribution is 5.78. The number of aliphatic hydroxyl groups is 2. The molecule has 2 N–H and O–H groups in total. The second-order valence-electron chi connectivity index (χ2n) is 6.69. The van der Waals surface area contributed by atoms with Crippen LogP contribution in [0.25, 0.3) is 0 Å². The zero-order chi connectivity index (χ0) is 14.5. The fourth-order valence-corrected chi connectivity index (χ4v) is 3.04. The van der Waals surface area contributed by atoms with Crippen LogP contribution in [0, 0.1) is 17.3 Å². The molecule has 4 heteroatoms. The van der Waals surface area contributed by atoms with Crippen LogP contribution in [0.4, 0.5) is 0 Å². The summed E-state index contributed by atoms with van der Waals surface area (Å²) in [6, 6.07) is 0. The van der Waals surface area contributed by atoms with Crippen molar-refractivity contribution in [3.8, 4) is 0 Å². The lowest BCUT2D eigenvalue weighted by molar-refractivity contribution is -0.138. The van der Waals surface area contributed by atoms with Crippen LogP contribution in [0.5, 0.6) is 0 Å². The summed E-state index contributed by atoms with van der Waals surface area (Å²) < 4.78 is 0. The normalized spacial score (nSPS) is 24.3. The number of hydrogen-bond donors (Lipinski definition) is 2. The maximum Gasteiger partial charge on any atom is 0.225 e. The van der Waals surface area contributed by atoms with E-state index in [0.717, 1.165) is 25.7 Å². The lowest BCUT2D eigenvalue weighted by Crippen LogP contribution is -2.41. The van der Waals surface area contributed by atoms with E-state index >= 15 is 0 Å². The van der Waals surface area contributed by atoms with Crippen LogP contribution in [-0.4, -0.2) is 47.3 Å². The predicted molar refractivity (Wildman–Crippen MR) is 75.7 cm³/mol. The minimum atomic E-state index is -0.0386. The Bertz CT molecular complexity index is 272. The van der Waals surface area contributed by atoms with Crippen LogP contribution < -0.4 is 0 Å². The Morgan fingerprint density at radius 1 is 1.05 bits per heavy atom.